The van der Waals surface area contributed by atoms with Crippen LogP contribution in [0.15, 0.2) is 0 Å². The minimum absolute atomic E-state index is 0.00699. The molecule has 0 atom stereocenters. The van der Waals surface area contributed by atoms with Gasteiger partial charge in [-0.2, -0.15) is 0 Å². The van der Waals surface area contributed by atoms with Crippen molar-refractivity contribution in [2.24, 2.45) is 5.92 Å². The SMILES string of the molecule is CC(C)(C)OC(=O)NC1(C(=O)OC(C)(C)C)CC(CO)C1. The highest BCUT2D eigenvalue weighted by Gasteiger charge is 2.53. The van der Waals surface area contributed by atoms with Crippen LogP contribution in [0.5, 0.6) is 0 Å². The number of aliphatic hydroxyl groups excluding tert-OH is 1. The number of ether oxygens (including phenoxy) is 2. The van der Waals surface area contributed by atoms with Crippen LogP contribution in [-0.2, 0) is 14.3 Å². The standard InChI is InChI=1S/C15H27NO5/c1-13(2,3)20-11(18)15(7-10(8-15)9-17)16-12(19)21-14(4,5)6/h10,17H,7-9H2,1-6H3,(H,16,19). The molecule has 0 bridgehead atoms. The van der Waals surface area contributed by atoms with Crippen molar-refractivity contribution in [3.63, 3.8) is 0 Å². The van der Waals surface area contributed by atoms with Gasteiger partial charge >= 0.3 is 12.1 Å². The van der Waals surface area contributed by atoms with Gasteiger partial charge in [0.25, 0.3) is 0 Å². The fourth-order valence-electron chi connectivity index (χ4n) is 2.25. The third-order valence-corrected chi connectivity index (χ3v) is 3.06. The van der Waals surface area contributed by atoms with E-state index in [1.807, 2.05) is 0 Å². The average molecular weight is 301 g/mol. The molecule has 1 aliphatic rings. The first-order valence-electron chi connectivity index (χ1n) is 7.22. The van der Waals surface area contributed by atoms with E-state index in [2.05, 4.69) is 5.32 Å². The van der Waals surface area contributed by atoms with Crippen LogP contribution in [0.1, 0.15) is 54.4 Å². The molecule has 1 rings (SSSR count). The maximum Gasteiger partial charge on any atom is 0.408 e. The summed E-state index contributed by atoms with van der Waals surface area (Å²) in [4.78, 5) is 24.3. The van der Waals surface area contributed by atoms with Crippen molar-refractivity contribution in [1.82, 2.24) is 5.32 Å². The highest BCUT2D eigenvalue weighted by molar-refractivity contribution is 5.87. The molecule has 2 N–H and O–H groups in total. The van der Waals surface area contributed by atoms with Crippen molar-refractivity contribution in [3.05, 3.63) is 0 Å². The lowest BCUT2D eigenvalue weighted by molar-refractivity contribution is -0.170. The molecule has 1 saturated carbocycles. The van der Waals surface area contributed by atoms with E-state index < -0.39 is 28.8 Å². The third-order valence-electron chi connectivity index (χ3n) is 3.06. The summed E-state index contributed by atoms with van der Waals surface area (Å²) in [5.74, 6) is -0.488. The number of esters is 1. The number of alkyl carbamates (subject to hydrolysis) is 1. The Balaban J connectivity index is 2.77. The molecule has 0 aromatic rings. The molecule has 1 amide bonds. The first-order chi connectivity index (χ1) is 9.37. The first-order valence-corrected chi connectivity index (χ1v) is 7.22. The molecular weight excluding hydrogens is 274 g/mol. The van der Waals surface area contributed by atoms with E-state index in [0.717, 1.165) is 0 Å². The fraction of sp³-hybridized carbons (Fsp3) is 0.867. The molecule has 0 aromatic heterocycles. The van der Waals surface area contributed by atoms with Gasteiger partial charge < -0.3 is 19.9 Å². The highest BCUT2D eigenvalue weighted by Crippen LogP contribution is 2.39. The Morgan fingerprint density at radius 3 is 1.95 bits per heavy atom. The molecule has 1 fully saturated rings. The number of carbonyl (C=O) groups is 2. The smallest absolute Gasteiger partial charge is 0.408 e. The second-order valence-electron chi connectivity index (χ2n) is 7.67. The largest absolute Gasteiger partial charge is 0.458 e. The lowest BCUT2D eigenvalue weighted by Crippen LogP contribution is -2.64. The van der Waals surface area contributed by atoms with Crippen molar-refractivity contribution >= 4 is 12.1 Å². The second kappa shape index (κ2) is 5.83. The van der Waals surface area contributed by atoms with Gasteiger partial charge in [-0.05, 0) is 60.3 Å². The van der Waals surface area contributed by atoms with E-state index in [1.165, 1.54) is 0 Å². The van der Waals surface area contributed by atoms with E-state index in [0.29, 0.717) is 12.8 Å². The van der Waals surface area contributed by atoms with E-state index >= 15 is 0 Å². The van der Waals surface area contributed by atoms with Crippen molar-refractivity contribution in [1.29, 1.82) is 0 Å². The van der Waals surface area contributed by atoms with Crippen LogP contribution in [0.25, 0.3) is 0 Å². The lowest BCUT2D eigenvalue weighted by atomic mass is 9.68. The minimum atomic E-state index is -1.09. The molecule has 0 aliphatic heterocycles. The molecule has 122 valence electrons. The summed E-state index contributed by atoms with van der Waals surface area (Å²) in [6.45, 7) is 10.6. The Hall–Kier alpha value is -1.30. The number of carbonyl (C=O) groups excluding carboxylic acids is 2. The third kappa shape index (κ3) is 5.19. The zero-order valence-corrected chi connectivity index (χ0v) is 13.8. The Morgan fingerprint density at radius 1 is 1.10 bits per heavy atom. The van der Waals surface area contributed by atoms with Crippen LogP contribution in [0.4, 0.5) is 4.79 Å². The first kappa shape index (κ1) is 17.8. The van der Waals surface area contributed by atoms with Crippen LogP contribution < -0.4 is 5.32 Å². The van der Waals surface area contributed by atoms with Crippen molar-refractivity contribution in [2.45, 2.75) is 71.1 Å². The number of rotatable bonds is 3. The topological polar surface area (TPSA) is 84.9 Å². The molecule has 0 radical (unpaired) electrons. The van der Waals surface area contributed by atoms with Gasteiger partial charge in [0.15, 0.2) is 0 Å². The Bertz CT molecular complexity index is 399. The minimum Gasteiger partial charge on any atom is -0.458 e. The van der Waals surface area contributed by atoms with E-state index in [-0.39, 0.29) is 12.5 Å². The Morgan fingerprint density at radius 2 is 1.57 bits per heavy atom. The van der Waals surface area contributed by atoms with Crippen LogP contribution in [-0.4, -0.2) is 40.5 Å². The van der Waals surface area contributed by atoms with E-state index in [4.69, 9.17) is 14.6 Å². The van der Waals surface area contributed by atoms with Gasteiger partial charge in [-0.1, -0.05) is 0 Å². The van der Waals surface area contributed by atoms with E-state index in [1.54, 1.807) is 41.5 Å². The Kier molecular flexibility index (Phi) is 4.93. The van der Waals surface area contributed by atoms with Gasteiger partial charge in [-0.25, -0.2) is 9.59 Å². The summed E-state index contributed by atoms with van der Waals surface area (Å²) in [5, 5.41) is 11.8. The normalized spacial score (nSPS) is 25.8. The summed E-state index contributed by atoms with van der Waals surface area (Å²) >= 11 is 0. The van der Waals surface area contributed by atoms with Gasteiger partial charge in [0.05, 0.1) is 0 Å². The molecule has 6 heteroatoms. The molecule has 0 saturated heterocycles. The fourth-order valence-corrected chi connectivity index (χ4v) is 2.25. The number of nitrogens with one attached hydrogen (secondary N) is 1. The van der Waals surface area contributed by atoms with E-state index in [9.17, 15) is 9.59 Å². The maximum atomic E-state index is 12.4. The summed E-state index contributed by atoms with van der Waals surface area (Å²) in [6, 6.07) is 0. The second-order valence-corrected chi connectivity index (χ2v) is 7.67. The van der Waals surface area contributed by atoms with Crippen molar-refractivity contribution in [3.8, 4) is 0 Å². The predicted octanol–water partition coefficient (Wildman–Crippen LogP) is 1.99. The van der Waals surface area contributed by atoms with Gasteiger partial charge in [-0.15, -0.1) is 0 Å². The van der Waals surface area contributed by atoms with Gasteiger partial charge in [0.1, 0.15) is 16.7 Å². The summed E-state index contributed by atoms with van der Waals surface area (Å²) in [6.07, 6.45) is 0.0692. The highest BCUT2D eigenvalue weighted by atomic mass is 16.6. The molecule has 0 heterocycles. The van der Waals surface area contributed by atoms with Crippen LogP contribution in [0, 0.1) is 5.92 Å². The number of hydrogen-bond acceptors (Lipinski definition) is 5. The quantitative estimate of drug-likeness (QED) is 0.779. The van der Waals surface area contributed by atoms with Gasteiger partial charge in [-0.3, -0.25) is 0 Å². The van der Waals surface area contributed by atoms with Crippen LogP contribution in [0.3, 0.4) is 0 Å². The zero-order valence-electron chi connectivity index (χ0n) is 13.8. The van der Waals surface area contributed by atoms with Crippen LogP contribution >= 0.6 is 0 Å². The molecule has 0 unspecified atom stereocenters. The summed E-state index contributed by atoms with van der Waals surface area (Å²) in [7, 11) is 0. The molecule has 0 aromatic carbocycles. The van der Waals surface area contributed by atoms with Crippen molar-refractivity contribution < 1.29 is 24.2 Å². The maximum absolute atomic E-state index is 12.4. The zero-order chi connectivity index (χ0) is 16.5. The Labute approximate surface area is 126 Å². The monoisotopic (exact) mass is 301 g/mol. The van der Waals surface area contributed by atoms with Gasteiger partial charge in [0.2, 0.25) is 0 Å². The molecule has 21 heavy (non-hydrogen) atoms. The summed E-state index contributed by atoms with van der Waals surface area (Å²) in [5.41, 5.74) is -2.37. The number of amides is 1. The van der Waals surface area contributed by atoms with Crippen LogP contribution in [0.2, 0.25) is 0 Å². The van der Waals surface area contributed by atoms with Gasteiger partial charge in [0, 0.05) is 6.61 Å². The predicted molar refractivity (Wildman–Crippen MR) is 77.8 cm³/mol. The lowest BCUT2D eigenvalue weighted by Gasteiger charge is -2.46. The van der Waals surface area contributed by atoms with Crippen molar-refractivity contribution in [2.75, 3.05) is 6.61 Å². The molecular formula is C15H27NO5. The number of aliphatic hydroxyl groups is 1. The average Bonchev–Trinajstić information content (AvgIpc) is 2.17. The molecule has 1 aliphatic carbocycles. The molecule has 0 spiro atoms. The number of hydrogen-bond donors (Lipinski definition) is 2. The molecule has 6 nitrogen and oxygen atoms in total. The summed E-state index contributed by atoms with van der Waals surface area (Å²) < 4.78 is 10.6.